The number of carbonyl (C=O) groups excluding carboxylic acids is 1. The topological polar surface area (TPSA) is 22.0 Å². The van der Waals surface area contributed by atoms with E-state index in [0.29, 0.717) is 0 Å². The lowest BCUT2D eigenvalue weighted by atomic mass is 10.1. The molecule has 0 atom stereocenters. The molecule has 0 aliphatic carbocycles. The predicted molar refractivity (Wildman–Crippen MR) is 73.4 cm³/mol. The second-order valence-corrected chi connectivity index (χ2v) is 4.38. The zero-order valence-electron chi connectivity index (χ0n) is 10.1. The number of aromatic nitrogens is 1. The normalized spacial score (nSPS) is 10.7. The number of fused-ring (bicyclic) bond motifs is 1. The van der Waals surface area contributed by atoms with E-state index in [0.717, 1.165) is 28.6 Å². The van der Waals surface area contributed by atoms with Gasteiger partial charge in [-0.15, -0.1) is 0 Å². The van der Waals surface area contributed by atoms with Crippen LogP contribution >= 0.6 is 0 Å². The summed E-state index contributed by atoms with van der Waals surface area (Å²) in [5, 5.41) is 1.18. The van der Waals surface area contributed by atoms with E-state index in [-0.39, 0.29) is 0 Å². The van der Waals surface area contributed by atoms with Crippen molar-refractivity contribution < 1.29 is 4.79 Å². The van der Waals surface area contributed by atoms with Gasteiger partial charge >= 0.3 is 0 Å². The van der Waals surface area contributed by atoms with E-state index in [4.69, 9.17) is 0 Å². The van der Waals surface area contributed by atoms with E-state index in [1.165, 1.54) is 5.39 Å². The molecule has 0 aliphatic rings. The second-order valence-electron chi connectivity index (χ2n) is 4.38. The van der Waals surface area contributed by atoms with Gasteiger partial charge in [-0.2, -0.15) is 0 Å². The van der Waals surface area contributed by atoms with Crippen molar-refractivity contribution >= 4 is 17.2 Å². The molecule has 3 rings (SSSR count). The summed E-state index contributed by atoms with van der Waals surface area (Å²) in [5.74, 6) is 0. The molecule has 88 valence electrons. The number of para-hydroxylation sites is 2. The van der Waals surface area contributed by atoms with Crippen LogP contribution in [0.3, 0.4) is 0 Å². The van der Waals surface area contributed by atoms with E-state index < -0.39 is 0 Å². The molecular formula is C16H13NO. The summed E-state index contributed by atoms with van der Waals surface area (Å²) < 4.78 is 2.08. The van der Waals surface area contributed by atoms with Crippen LogP contribution in [-0.4, -0.2) is 10.9 Å². The van der Waals surface area contributed by atoms with Gasteiger partial charge < -0.3 is 4.57 Å². The van der Waals surface area contributed by atoms with Crippen molar-refractivity contribution in [2.45, 2.75) is 6.92 Å². The Morgan fingerprint density at radius 2 is 1.83 bits per heavy atom. The summed E-state index contributed by atoms with van der Waals surface area (Å²) >= 11 is 0. The van der Waals surface area contributed by atoms with Gasteiger partial charge in [0.15, 0.2) is 6.29 Å². The maximum atomic E-state index is 11.2. The maximum Gasteiger partial charge on any atom is 0.152 e. The maximum absolute atomic E-state index is 11.2. The van der Waals surface area contributed by atoms with Crippen molar-refractivity contribution in [2.24, 2.45) is 0 Å². The van der Waals surface area contributed by atoms with Crippen molar-refractivity contribution in [2.75, 3.05) is 0 Å². The molecule has 2 heteroatoms. The zero-order valence-corrected chi connectivity index (χ0v) is 10.1. The van der Waals surface area contributed by atoms with Crippen LogP contribution in [0, 0.1) is 6.92 Å². The Kier molecular flexibility index (Phi) is 2.49. The Hall–Kier alpha value is -2.35. The highest BCUT2D eigenvalue weighted by atomic mass is 16.1. The number of benzene rings is 2. The molecule has 0 bridgehead atoms. The molecule has 18 heavy (non-hydrogen) atoms. The van der Waals surface area contributed by atoms with Gasteiger partial charge in [-0.3, -0.25) is 4.79 Å². The molecule has 0 aliphatic heterocycles. The Labute approximate surface area is 105 Å². The minimum atomic E-state index is 0.719. The first-order valence-electron chi connectivity index (χ1n) is 5.92. The fourth-order valence-electron chi connectivity index (χ4n) is 2.38. The molecular weight excluding hydrogens is 222 g/mol. The van der Waals surface area contributed by atoms with Crippen LogP contribution in [0.25, 0.3) is 16.6 Å². The van der Waals surface area contributed by atoms with Gasteiger partial charge in [0, 0.05) is 11.8 Å². The van der Waals surface area contributed by atoms with Crippen molar-refractivity contribution in [1.82, 2.24) is 4.57 Å². The Morgan fingerprint density at radius 1 is 1.00 bits per heavy atom. The van der Waals surface area contributed by atoms with Gasteiger partial charge in [-0.25, -0.2) is 0 Å². The first kappa shape index (κ1) is 10.8. The van der Waals surface area contributed by atoms with Crippen LogP contribution in [0.1, 0.15) is 15.9 Å². The highest BCUT2D eigenvalue weighted by molar-refractivity contribution is 5.87. The number of nitrogens with zero attached hydrogens (tertiary/aromatic N) is 1. The van der Waals surface area contributed by atoms with Crippen LogP contribution in [0.2, 0.25) is 0 Å². The van der Waals surface area contributed by atoms with E-state index >= 15 is 0 Å². The number of aryl methyl sites for hydroxylation is 1. The quantitative estimate of drug-likeness (QED) is 0.620. The van der Waals surface area contributed by atoms with Crippen molar-refractivity contribution in [3.8, 4) is 5.69 Å². The number of aldehydes is 1. The molecule has 0 N–H and O–H groups in total. The average molecular weight is 235 g/mol. The van der Waals surface area contributed by atoms with Gasteiger partial charge in [-0.05, 0) is 36.1 Å². The Morgan fingerprint density at radius 3 is 2.67 bits per heavy atom. The number of hydrogen-bond donors (Lipinski definition) is 0. The lowest BCUT2D eigenvalue weighted by Gasteiger charge is -2.11. The number of rotatable bonds is 2. The SMILES string of the molecule is Cc1cccc(C=O)c1-n1ccc2ccccc21. The van der Waals surface area contributed by atoms with Gasteiger partial charge in [-0.1, -0.05) is 30.3 Å². The van der Waals surface area contributed by atoms with Gasteiger partial charge in [0.2, 0.25) is 0 Å². The largest absolute Gasteiger partial charge is 0.316 e. The average Bonchev–Trinajstić information content (AvgIpc) is 2.82. The zero-order chi connectivity index (χ0) is 12.5. The van der Waals surface area contributed by atoms with Crippen LogP contribution < -0.4 is 0 Å². The Bertz CT molecular complexity index is 725. The smallest absolute Gasteiger partial charge is 0.152 e. The molecule has 0 fully saturated rings. The standard InChI is InChI=1S/C16H13NO/c1-12-5-4-7-14(11-18)16(12)17-10-9-13-6-2-3-8-15(13)17/h2-11H,1H3. The van der Waals surface area contributed by atoms with Gasteiger partial charge in [0.1, 0.15) is 0 Å². The molecule has 2 aromatic carbocycles. The summed E-state index contributed by atoms with van der Waals surface area (Å²) in [6.45, 7) is 2.02. The first-order chi connectivity index (χ1) is 8.81. The lowest BCUT2D eigenvalue weighted by Crippen LogP contribution is -2.00. The summed E-state index contributed by atoms with van der Waals surface area (Å²) in [6, 6.07) is 16.0. The fraction of sp³-hybridized carbons (Fsp3) is 0.0625. The van der Waals surface area contributed by atoms with Gasteiger partial charge in [0.05, 0.1) is 11.2 Å². The number of carbonyl (C=O) groups is 1. The summed E-state index contributed by atoms with van der Waals surface area (Å²) in [4.78, 5) is 11.2. The van der Waals surface area contributed by atoms with Gasteiger partial charge in [0.25, 0.3) is 0 Å². The van der Waals surface area contributed by atoms with Crippen LogP contribution in [0.15, 0.2) is 54.7 Å². The third kappa shape index (κ3) is 1.54. The molecule has 0 spiro atoms. The predicted octanol–water partition coefficient (Wildman–Crippen LogP) is 3.75. The van der Waals surface area contributed by atoms with E-state index in [9.17, 15) is 4.79 Å². The van der Waals surface area contributed by atoms with Crippen LogP contribution in [-0.2, 0) is 0 Å². The summed E-state index contributed by atoms with van der Waals surface area (Å²) in [6.07, 6.45) is 2.93. The summed E-state index contributed by atoms with van der Waals surface area (Å²) in [5.41, 5.74) is 3.90. The molecule has 0 saturated carbocycles. The number of hydrogen-bond acceptors (Lipinski definition) is 1. The molecule has 2 nitrogen and oxygen atoms in total. The van der Waals surface area contributed by atoms with E-state index in [2.05, 4.69) is 22.8 Å². The molecule has 0 unspecified atom stereocenters. The van der Waals surface area contributed by atoms with Crippen molar-refractivity contribution in [1.29, 1.82) is 0 Å². The third-order valence-corrected chi connectivity index (χ3v) is 3.24. The van der Waals surface area contributed by atoms with E-state index in [1.54, 1.807) is 0 Å². The van der Waals surface area contributed by atoms with Crippen molar-refractivity contribution in [3.63, 3.8) is 0 Å². The molecule has 1 heterocycles. The Balaban J connectivity index is 2.36. The third-order valence-electron chi connectivity index (χ3n) is 3.24. The lowest BCUT2D eigenvalue weighted by molar-refractivity contribution is 0.112. The molecule has 0 saturated heterocycles. The highest BCUT2D eigenvalue weighted by Crippen LogP contribution is 2.24. The second kappa shape index (κ2) is 4.15. The fourth-order valence-corrected chi connectivity index (χ4v) is 2.38. The molecule has 0 radical (unpaired) electrons. The summed E-state index contributed by atoms with van der Waals surface area (Å²) in [7, 11) is 0. The first-order valence-corrected chi connectivity index (χ1v) is 5.92. The highest BCUT2D eigenvalue weighted by Gasteiger charge is 2.09. The van der Waals surface area contributed by atoms with Crippen LogP contribution in [0.5, 0.6) is 0 Å². The van der Waals surface area contributed by atoms with Crippen molar-refractivity contribution in [3.05, 3.63) is 65.9 Å². The monoisotopic (exact) mass is 235 g/mol. The molecule has 0 amide bonds. The minimum absolute atomic E-state index is 0.719. The van der Waals surface area contributed by atoms with Crippen LogP contribution in [0.4, 0.5) is 0 Å². The molecule has 3 aromatic rings. The van der Waals surface area contributed by atoms with E-state index in [1.807, 2.05) is 43.5 Å². The molecule has 1 aromatic heterocycles. The minimum Gasteiger partial charge on any atom is -0.316 e.